The molecular formula is C30H33ClN6O2. The Hall–Kier alpha value is -4.17. The van der Waals surface area contributed by atoms with Crippen LogP contribution in [0.15, 0.2) is 82.8 Å². The zero-order valence-electron chi connectivity index (χ0n) is 22.4. The standard InChI is InChI=1S/C30H32N6O2.ClH/c1-17-18(2)32-27(31-17)21-9-13-25(14-10-21)35-29(37)23-5-7-24(8-6-23)30(38)36-26-15-11-22(12-16-26)28-33-19(3)20(4)34-28;/h5-20H,1-4H3,(H,31,32)(H,33,34)(H,35,37)(H,36,38);1H. The third-order valence-electron chi connectivity index (χ3n) is 7.08. The molecule has 0 aromatic heterocycles. The fourth-order valence-electron chi connectivity index (χ4n) is 4.30. The first-order chi connectivity index (χ1) is 18.3. The number of halogens is 1. The fraction of sp³-hybridized carbons (Fsp3) is 0.267. The lowest BCUT2D eigenvalue weighted by molar-refractivity contribution is 0.101. The van der Waals surface area contributed by atoms with E-state index in [2.05, 4.69) is 58.9 Å². The number of benzene rings is 3. The van der Waals surface area contributed by atoms with Crippen LogP contribution >= 0.6 is 12.4 Å². The normalized spacial score (nSPS) is 21.5. The topological polar surface area (TPSA) is 107 Å². The minimum absolute atomic E-state index is 0. The van der Waals surface area contributed by atoms with Crippen LogP contribution in [0.2, 0.25) is 0 Å². The maximum Gasteiger partial charge on any atom is 0.255 e. The maximum atomic E-state index is 12.7. The summed E-state index contributed by atoms with van der Waals surface area (Å²) >= 11 is 0. The number of rotatable bonds is 6. The lowest BCUT2D eigenvalue weighted by Crippen LogP contribution is -2.30. The van der Waals surface area contributed by atoms with Gasteiger partial charge in [-0.25, -0.2) is 0 Å². The second-order valence-electron chi connectivity index (χ2n) is 9.94. The summed E-state index contributed by atoms with van der Waals surface area (Å²) in [5.74, 6) is 1.26. The predicted octanol–water partition coefficient (Wildman–Crippen LogP) is 4.87. The molecule has 3 aromatic rings. The van der Waals surface area contributed by atoms with E-state index in [1.807, 2.05) is 48.5 Å². The van der Waals surface area contributed by atoms with Gasteiger partial charge in [0.2, 0.25) is 0 Å². The van der Waals surface area contributed by atoms with Crippen molar-refractivity contribution >= 4 is 47.3 Å². The van der Waals surface area contributed by atoms with E-state index in [0.717, 1.165) is 22.8 Å². The Bertz CT molecular complexity index is 1290. The Morgan fingerprint density at radius 2 is 0.923 bits per heavy atom. The van der Waals surface area contributed by atoms with Gasteiger partial charge in [0.15, 0.2) is 0 Å². The van der Waals surface area contributed by atoms with Crippen molar-refractivity contribution in [2.75, 3.05) is 10.6 Å². The van der Waals surface area contributed by atoms with Crippen molar-refractivity contribution in [3.05, 3.63) is 95.1 Å². The maximum absolute atomic E-state index is 12.7. The molecule has 39 heavy (non-hydrogen) atoms. The van der Waals surface area contributed by atoms with Crippen LogP contribution in [0.3, 0.4) is 0 Å². The largest absolute Gasteiger partial charge is 0.365 e. The van der Waals surface area contributed by atoms with Crippen molar-refractivity contribution in [1.82, 2.24) is 10.6 Å². The first kappa shape index (κ1) is 27.9. The highest BCUT2D eigenvalue weighted by atomic mass is 35.5. The van der Waals surface area contributed by atoms with Crippen LogP contribution in [-0.4, -0.2) is 47.7 Å². The smallest absolute Gasteiger partial charge is 0.255 e. The molecule has 0 radical (unpaired) electrons. The van der Waals surface area contributed by atoms with E-state index in [0.29, 0.717) is 34.6 Å². The van der Waals surface area contributed by atoms with Gasteiger partial charge in [0.1, 0.15) is 11.7 Å². The molecule has 3 aromatic carbocycles. The molecule has 9 heteroatoms. The van der Waals surface area contributed by atoms with Crippen molar-refractivity contribution in [3.63, 3.8) is 0 Å². The van der Waals surface area contributed by atoms with Crippen LogP contribution in [0.1, 0.15) is 59.5 Å². The van der Waals surface area contributed by atoms with Gasteiger partial charge in [-0.15, -0.1) is 12.4 Å². The number of anilines is 2. The molecule has 0 spiro atoms. The zero-order valence-corrected chi connectivity index (χ0v) is 23.2. The van der Waals surface area contributed by atoms with Crippen LogP contribution in [0.4, 0.5) is 11.4 Å². The van der Waals surface area contributed by atoms with Crippen molar-refractivity contribution in [2.24, 2.45) is 9.98 Å². The summed E-state index contributed by atoms with van der Waals surface area (Å²) in [5.41, 5.74) is 4.27. The van der Waals surface area contributed by atoms with Crippen LogP contribution in [0.5, 0.6) is 0 Å². The molecule has 2 heterocycles. The van der Waals surface area contributed by atoms with Gasteiger partial charge in [-0.2, -0.15) is 0 Å². The highest BCUT2D eigenvalue weighted by Gasteiger charge is 2.22. The third-order valence-corrected chi connectivity index (χ3v) is 7.08. The second kappa shape index (κ2) is 11.7. The molecule has 4 N–H and O–H groups in total. The molecule has 0 bridgehead atoms. The highest BCUT2D eigenvalue weighted by molar-refractivity contribution is 6.08. The molecule has 8 nitrogen and oxygen atoms in total. The molecule has 4 unspecified atom stereocenters. The lowest BCUT2D eigenvalue weighted by Gasteiger charge is -2.10. The number of amides is 2. The van der Waals surface area contributed by atoms with Crippen LogP contribution in [0.25, 0.3) is 0 Å². The zero-order chi connectivity index (χ0) is 26.8. The van der Waals surface area contributed by atoms with Gasteiger partial charge in [0, 0.05) is 45.7 Å². The molecule has 2 aliphatic rings. The van der Waals surface area contributed by atoms with E-state index in [1.54, 1.807) is 24.3 Å². The summed E-state index contributed by atoms with van der Waals surface area (Å²) in [5, 5.41) is 12.6. The van der Waals surface area contributed by atoms with Gasteiger partial charge in [-0.1, -0.05) is 0 Å². The molecule has 202 valence electrons. The molecule has 0 saturated carbocycles. The Kier molecular flexibility index (Phi) is 8.35. The Morgan fingerprint density at radius 1 is 0.590 bits per heavy atom. The van der Waals surface area contributed by atoms with Gasteiger partial charge in [-0.05, 0) is 100 Å². The number of hydrogen-bond acceptors (Lipinski definition) is 6. The molecular weight excluding hydrogens is 512 g/mol. The van der Waals surface area contributed by atoms with E-state index < -0.39 is 0 Å². The third kappa shape index (κ3) is 6.29. The number of carbonyl (C=O) groups excluding carboxylic acids is 2. The SMILES string of the molecule is CC1N=C(c2ccc(NC(=O)c3ccc(C(=O)Nc4ccc(C5=NC(C)C(C)N5)cc4)cc3)cc2)NC1C.Cl. The quantitative estimate of drug-likeness (QED) is 0.355. The van der Waals surface area contributed by atoms with Gasteiger partial charge >= 0.3 is 0 Å². The molecule has 5 rings (SSSR count). The summed E-state index contributed by atoms with van der Waals surface area (Å²) in [6.45, 7) is 8.37. The summed E-state index contributed by atoms with van der Waals surface area (Å²) in [6, 6.07) is 22.8. The van der Waals surface area contributed by atoms with E-state index in [9.17, 15) is 9.59 Å². The van der Waals surface area contributed by atoms with Gasteiger partial charge in [0.05, 0.1) is 12.1 Å². The summed E-state index contributed by atoms with van der Waals surface area (Å²) in [6.07, 6.45) is 0. The molecule has 2 aliphatic heterocycles. The summed E-state index contributed by atoms with van der Waals surface area (Å²) in [7, 11) is 0. The van der Waals surface area contributed by atoms with Crippen molar-refractivity contribution in [1.29, 1.82) is 0 Å². The monoisotopic (exact) mass is 544 g/mol. The average molecular weight is 545 g/mol. The molecule has 0 aliphatic carbocycles. The molecule has 2 amide bonds. The minimum atomic E-state index is -0.244. The Labute approximate surface area is 234 Å². The van der Waals surface area contributed by atoms with Gasteiger partial charge in [0.25, 0.3) is 11.8 Å². The number of amidine groups is 2. The van der Waals surface area contributed by atoms with E-state index in [1.165, 1.54) is 0 Å². The number of carbonyl (C=O) groups is 2. The Balaban J connectivity index is 0.00000353. The summed E-state index contributed by atoms with van der Waals surface area (Å²) in [4.78, 5) is 34.7. The first-order valence-electron chi connectivity index (χ1n) is 12.9. The summed E-state index contributed by atoms with van der Waals surface area (Å²) < 4.78 is 0. The van der Waals surface area contributed by atoms with Crippen LogP contribution in [-0.2, 0) is 0 Å². The number of nitrogens with one attached hydrogen (secondary N) is 4. The van der Waals surface area contributed by atoms with Crippen molar-refractivity contribution in [3.8, 4) is 0 Å². The van der Waals surface area contributed by atoms with Crippen molar-refractivity contribution in [2.45, 2.75) is 51.9 Å². The van der Waals surface area contributed by atoms with Crippen LogP contribution < -0.4 is 21.3 Å². The second-order valence-corrected chi connectivity index (χ2v) is 9.94. The number of nitrogens with zero attached hydrogens (tertiary/aromatic N) is 2. The van der Waals surface area contributed by atoms with E-state index in [-0.39, 0.29) is 36.3 Å². The lowest BCUT2D eigenvalue weighted by atomic mass is 10.1. The molecule has 0 fully saturated rings. The highest BCUT2D eigenvalue weighted by Crippen LogP contribution is 2.18. The van der Waals surface area contributed by atoms with E-state index in [4.69, 9.17) is 0 Å². The average Bonchev–Trinajstić information content (AvgIpc) is 3.44. The van der Waals surface area contributed by atoms with Gasteiger partial charge < -0.3 is 21.3 Å². The fourth-order valence-corrected chi connectivity index (χ4v) is 4.30. The number of hydrogen-bond donors (Lipinski definition) is 4. The minimum Gasteiger partial charge on any atom is -0.365 e. The first-order valence-corrected chi connectivity index (χ1v) is 12.9. The van der Waals surface area contributed by atoms with E-state index >= 15 is 0 Å². The Morgan fingerprint density at radius 3 is 1.21 bits per heavy atom. The number of aliphatic imine (C=N–C) groups is 2. The molecule has 0 saturated heterocycles. The predicted molar refractivity (Wildman–Crippen MR) is 160 cm³/mol. The van der Waals surface area contributed by atoms with Crippen LogP contribution in [0, 0.1) is 0 Å². The van der Waals surface area contributed by atoms with Gasteiger partial charge in [-0.3, -0.25) is 19.6 Å². The van der Waals surface area contributed by atoms with Crippen molar-refractivity contribution < 1.29 is 9.59 Å². The molecule has 4 atom stereocenters.